The van der Waals surface area contributed by atoms with Crippen molar-refractivity contribution in [3.63, 3.8) is 0 Å². The molecule has 0 saturated carbocycles. The Morgan fingerprint density at radius 3 is 2.70 bits per heavy atom. The Kier molecular flexibility index (Phi) is 6.30. The predicted octanol–water partition coefficient (Wildman–Crippen LogP) is 3.60. The van der Waals surface area contributed by atoms with E-state index in [4.69, 9.17) is 10.7 Å². The zero-order valence-electron chi connectivity index (χ0n) is 21.5. The number of nitrogen functional groups attached to an aromatic ring is 1. The fraction of sp³-hybridized carbons (Fsp3) is 0.103. The van der Waals surface area contributed by atoms with Crippen molar-refractivity contribution in [2.45, 2.75) is 13.0 Å². The second-order valence-electron chi connectivity index (χ2n) is 9.08. The van der Waals surface area contributed by atoms with E-state index in [2.05, 4.69) is 32.2 Å². The smallest absolute Gasteiger partial charge is 0.268 e. The second kappa shape index (κ2) is 10.1. The highest BCUT2D eigenvalue weighted by Gasteiger charge is 2.24. The first kappa shape index (κ1) is 25.0. The number of thiophene rings is 1. The van der Waals surface area contributed by atoms with Crippen molar-refractivity contribution in [3.05, 3.63) is 106 Å². The van der Waals surface area contributed by atoms with Crippen molar-refractivity contribution in [1.82, 2.24) is 34.6 Å². The number of benzene rings is 1. The summed E-state index contributed by atoms with van der Waals surface area (Å²) in [5.74, 6) is 6.13. The fourth-order valence-corrected chi connectivity index (χ4v) is 5.32. The first-order valence-electron chi connectivity index (χ1n) is 12.3. The summed E-state index contributed by atoms with van der Waals surface area (Å²) in [5, 5.41) is 10.0. The second-order valence-corrected chi connectivity index (χ2v) is 9.94. The highest BCUT2D eigenvalue weighted by Crippen LogP contribution is 2.26. The number of carbonyl (C=O) groups is 1. The molecule has 0 saturated heterocycles. The molecule has 0 bridgehead atoms. The van der Waals surface area contributed by atoms with E-state index < -0.39 is 11.9 Å². The van der Waals surface area contributed by atoms with Gasteiger partial charge >= 0.3 is 0 Å². The van der Waals surface area contributed by atoms with Gasteiger partial charge in [0.05, 0.1) is 40.0 Å². The number of nitrogens with two attached hydrogens (primary N) is 1. The summed E-state index contributed by atoms with van der Waals surface area (Å²) in [7, 11) is 1.82. The number of aromatic nitrogens is 6. The molecule has 10 nitrogen and oxygen atoms in total. The lowest BCUT2D eigenvalue weighted by Gasteiger charge is -2.19. The van der Waals surface area contributed by atoms with Crippen molar-refractivity contribution >= 4 is 44.2 Å². The van der Waals surface area contributed by atoms with Crippen LogP contribution in [0, 0.1) is 11.8 Å². The third-order valence-corrected chi connectivity index (χ3v) is 7.20. The van der Waals surface area contributed by atoms with Crippen molar-refractivity contribution in [2.24, 2.45) is 7.05 Å². The Morgan fingerprint density at radius 2 is 1.93 bits per heavy atom. The summed E-state index contributed by atoms with van der Waals surface area (Å²) in [5.41, 5.74) is 8.36. The topological polar surface area (TPSA) is 134 Å². The zero-order valence-corrected chi connectivity index (χ0v) is 22.3. The van der Waals surface area contributed by atoms with E-state index in [-0.39, 0.29) is 16.9 Å². The van der Waals surface area contributed by atoms with E-state index in [1.54, 1.807) is 42.5 Å². The molecule has 0 radical (unpaired) electrons. The predicted molar refractivity (Wildman–Crippen MR) is 154 cm³/mol. The number of anilines is 1. The van der Waals surface area contributed by atoms with Crippen molar-refractivity contribution < 1.29 is 4.79 Å². The number of pyridine rings is 2. The molecule has 11 heteroatoms. The maximum atomic E-state index is 14.0. The summed E-state index contributed by atoms with van der Waals surface area (Å²) in [6.07, 6.45) is 6.64. The molecule has 196 valence electrons. The van der Waals surface area contributed by atoms with E-state index in [0.717, 1.165) is 5.56 Å². The molecule has 1 atom stereocenters. The fourth-order valence-electron chi connectivity index (χ4n) is 4.45. The highest BCUT2D eigenvalue weighted by atomic mass is 32.1. The third kappa shape index (κ3) is 4.46. The molecule has 0 aliphatic rings. The molecule has 5 heterocycles. The molecule has 40 heavy (non-hydrogen) atoms. The van der Waals surface area contributed by atoms with Gasteiger partial charge in [0.2, 0.25) is 0 Å². The van der Waals surface area contributed by atoms with E-state index in [1.165, 1.54) is 15.9 Å². The number of nitrogens with one attached hydrogen (secondary N) is 1. The third-order valence-electron chi connectivity index (χ3n) is 6.33. The lowest BCUT2D eigenvalue weighted by Crippen LogP contribution is -2.33. The van der Waals surface area contributed by atoms with Crippen LogP contribution in [0.25, 0.3) is 26.8 Å². The maximum Gasteiger partial charge on any atom is 0.268 e. The van der Waals surface area contributed by atoms with Crippen molar-refractivity contribution in [2.75, 3.05) is 5.73 Å². The van der Waals surface area contributed by atoms with Crippen LogP contribution in [0.15, 0.2) is 77.4 Å². The number of para-hydroxylation sites is 1. The summed E-state index contributed by atoms with van der Waals surface area (Å²) in [6, 6.07) is 12.1. The molecule has 0 fully saturated rings. The van der Waals surface area contributed by atoms with Crippen LogP contribution in [0.3, 0.4) is 0 Å². The standard InChI is InChI=1S/C29H22N8O2S/c1-17(34-27(38)23-24-19(7-6-12-31-24)14-32-25(23)30)26-35-28-22(29(39)37(26)21-8-4-3-5-9-21)20(16-40-28)11-10-18-13-33-36(2)15-18/h3-9,12-17H,1-2H3,(H2,30,32)(H,34,38)/t17-/m0/s1. The van der Waals surface area contributed by atoms with Gasteiger partial charge in [-0.05, 0) is 31.2 Å². The molecule has 1 amide bonds. The van der Waals surface area contributed by atoms with E-state index in [0.29, 0.717) is 38.2 Å². The summed E-state index contributed by atoms with van der Waals surface area (Å²) in [6.45, 7) is 1.77. The SMILES string of the molecule is C[C@H](NC(=O)c1c(N)ncc2cccnc12)c1nc2scc(C#Cc3cnn(C)c3)c2c(=O)n1-c1ccccc1. The number of aryl methyl sites for hydroxylation is 1. The lowest BCUT2D eigenvalue weighted by molar-refractivity contribution is 0.0940. The molecular formula is C29H22N8O2S. The number of amides is 1. The Balaban J connectivity index is 1.45. The first-order valence-corrected chi connectivity index (χ1v) is 13.2. The van der Waals surface area contributed by atoms with Gasteiger partial charge in [0.25, 0.3) is 11.5 Å². The molecule has 0 spiro atoms. The minimum Gasteiger partial charge on any atom is -0.383 e. The van der Waals surface area contributed by atoms with Gasteiger partial charge in [-0.2, -0.15) is 5.10 Å². The minimum atomic E-state index is -0.671. The van der Waals surface area contributed by atoms with Gasteiger partial charge in [0.15, 0.2) is 0 Å². The van der Waals surface area contributed by atoms with E-state index in [1.807, 2.05) is 48.8 Å². The maximum absolute atomic E-state index is 14.0. The average Bonchev–Trinajstić information content (AvgIpc) is 3.57. The van der Waals surface area contributed by atoms with E-state index >= 15 is 0 Å². The number of hydrogen-bond donors (Lipinski definition) is 2. The lowest BCUT2D eigenvalue weighted by atomic mass is 10.1. The summed E-state index contributed by atoms with van der Waals surface area (Å²) >= 11 is 1.32. The van der Waals surface area contributed by atoms with Gasteiger partial charge in [-0.15, -0.1) is 11.3 Å². The first-order chi connectivity index (χ1) is 19.4. The van der Waals surface area contributed by atoms with Crippen LogP contribution >= 0.6 is 11.3 Å². The Hall–Kier alpha value is -5.34. The molecule has 1 aromatic carbocycles. The van der Waals surface area contributed by atoms with Gasteiger partial charge in [-0.1, -0.05) is 30.0 Å². The van der Waals surface area contributed by atoms with Gasteiger partial charge < -0.3 is 11.1 Å². The Morgan fingerprint density at radius 1 is 1.10 bits per heavy atom. The molecular weight excluding hydrogens is 524 g/mol. The number of fused-ring (bicyclic) bond motifs is 2. The van der Waals surface area contributed by atoms with Gasteiger partial charge in [-0.3, -0.25) is 23.8 Å². The number of rotatable bonds is 4. The molecule has 0 aliphatic heterocycles. The number of carbonyl (C=O) groups excluding carboxylic acids is 1. The van der Waals surface area contributed by atoms with Crippen LogP contribution in [-0.4, -0.2) is 35.2 Å². The molecule has 6 rings (SSSR count). The molecule has 3 N–H and O–H groups in total. The van der Waals surface area contributed by atoms with Crippen LogP contribution < -0.4 is 16.6 Å². The van der Waals surface area contributed by atoms with Crippen LogP contribution in [0.2, 0.25) is 0 Å². The van der Waals surface area contributed by atoms with Gasteiger partial charge in [0.1, 0.15) is 22.0 Å². The Bertz CT molecular complexity index is 2030. The number of hydrogen-bond acceptors (Lipinski definition) is 8. The summed E-state index contributed by atoms with van der Waals surface area (Å²) in [4.78, 5) is 41.4. The minimum absolute atomic E-state index is 0.0647. The monoisotopic (exact) mass is 546 g/mol. The zero-order chi connectivity index (χ0) is 27.8. The normalized spacial score (nSPS) is 11.8. The summed E-state index contributed by atoms with van der Waals surface area (Å²) < 4.78 is 3.18. The molecule has 0 unspecified atom stereocenters. The highest BCUT2D eigenvalue weighted by molar-refractivity contribution is 7.17. The van der Waals surface area contributed by atoms with Gasteiger partial charge in [0, 0.05) is 36.4 Å². The molecule has 6 aromatic rings. The van der Waals surface area contributed by atoms with Crippen LogP contribution in [0.4, 0.5) is 5.82 Å². The Labute approximate surface area is 232 Å². The van der Waals surface area contributed by atoms with Crippen LogP contribution in [0.5, 0.6) is 0 Å². The van der Waals surface area contributed by atoms with Crippen molar-refractivity contribution in [3.8, 4) is 17.5 Å². The van der Waals surface area contributed by atoms with Crippen LogP contribution in [0.1, 0.15) is 40.3 Å². The molecule has 5 aromatic heterocycles. The quantitative estimate of drug-likeness (QED) is 0.323. The molecule has 0 aliphatic carbocycles. The average molecular weight is 547 g/mol. The van der Waals surface area contributed by atoms with E-state index in [9.17, 15) is 9.59 Å². The number of nitrogens with zero attached hydrogens (tertiary/aromatic N) is 6. The van der Waals surface area contributed by atoms with Crippen LogP contribution in [-0.2, 0) is 7.05 Å². The largest absolute Gasteiger partial charge is 0.383 e. The van der Waals surface area contributed by atoms with Gasteiger partial charge in [-0.25, -0.2) is 9.97 Å². The van der Waals surface area contributed by atoms with Crippen molar-refractivity contribution in [1.29, 1.82) is 0 Å².